The van der Waals surface area contributed by atoms with Crippen molar-refractivity contribution in [1.82, 2.24) is 24.7 Å². The highest BCUT2D eigenvalue weighted by Crippen LogP contribution is 2.31. The van der Waals surface area contributed by atoms with Crippen molar-refractivity contribution in [3.8, 4) is 38.9 Å². The molecule has 164 valence electrons. The molecule has 0 radical (unpaired) electrons. The number of nitrogens with zero attached hydrogens (tertiary/aromatic N) is 4. The Balaban J connectivity index is 1.36. The molecule has 0 bridgehead atoms. The van der Waals surface area contributed by atoms with Crippen molar-refractivity contribution in [2.75, 3.05) is 5.32 Å². The van der Waals surface area contributed by atoms with E-state index in [2.05, 4.69) is 44.9 Å². The number of hydrogen-bond donors (Lipinski definition) is 2. The fraction of sp³-hybridized carbons (Fsp3) is 0. The van der Waals surface area contributed by atoms with E-state index in [1.807, 2.05) is 83.7 Å². The molecule has 0 amide bonds. The lowest BCUT2D eigenvalue weighted by molar-refractivity contribution is 0.880. The van der Waals surface area contributed by atoms with Crippen molar-refractivity contribution in [2.45, 2.75) is 0 Å². The largest absolute Gasteiger partial charge is 0.324 e. The lowest BCUT2D eigenvalue weighted by Gasteiger charge is -2.03. The first-order chi connectivity index (χ1) is 16.8. The molecule has 3 heterocycles. The Bertz CT molecular complexity index is 1520. The van der Waals surface area contributed by atoms with Gasteiger partial charge in [-0.2, -0.15) is 0 Å². The first kappa shape index (κ1) is 20.1. The average Bonchev–Trinajstić information content (AvgIpc) is 3.66. The van der Waals surface area contributed by atoms with Gasteiger partial charge in [-0.25, -0.2) is 14.6 Å². The number of thiazole rings is 1. The van der Waals surface area contributed by atoms with E-state index >= 15 is 0 Å². The minimum absolute atomic E-state index is 0.632. The van der Waals surface area contributed by atoms with Crippen LogP contribution in [0.3, 0.4) is 0 Å². The molecule has 0 unspecified atom stereocenters. The SMILES string of the molecule is c1ccc(-c2csc(-n3nc(Nc4ncc(-c5ccccc5)[nH]4)cc3-c3ccccc3)n2)cc1. The Kier molecular flexibility index (Phi) is 5.21. The molecule has 0 aliphatic heterocycles. The number of H-pyrrole nitrogens is 1. The molecule has 0 saturated heterocycles. The van der Waals surface area contributed by atoms with Crippen LogP contribution in [-0.2, 0) is 0 Å². The maximum Gasteiger partial charge on any atom is 0.211 e. The quantitative estimate of drug-likeness (QED) is 0.287. The van der Waals surface area contributed by atoms with Gasteiger partial charge < -0.3 is 10.3 Å². The average molecular weight is 461 g/mol. The normalized spacial score (nSPS) is 10.9. The van der Waals surface area contributed by atoms with Crippen LogP contribution in [0.2, 0.25) is 0 Å². The molecular formula is C27H20N6S. The van der Waals surface area contributed by atoms with Gasteiger partial charge in [-0.15, -0.1) is 16.4 Å². The lowest BCUT2D eigenvalue weighted by atomic mass is 10.1. The molecule has 0 atom stereocenters. The zero-order valence-electron chi connectivity index (χ0n) is 18.1. The van der Waals surface area contributed by atoms with Crippen LogP contribution in [-0.4, -0.2) is 24.7 Å². The first-order valence-electron chi connectivity index (χ1n) is 10.9. The molecule has 6 nitrogen and oxygen atoms in total. The van der Waals surface area contributed by atoms with E-state index in [-0.39, 0.29) is 0 Å². The molecular weight excluding hydrogens is 440 g/mol. The third-order valence-electron chi connectivity index (χ3n) is 5.43. The van der Waals surface area contributed by atoms with Crippen LogP contribution in [0.5, 0.6) is 0 Å². The standard InChI is InChI=1S/C27H20N6S/c1-4-10-19(11-5-1)22-17-28-26(29-22)31-25-16-24(21-14-8-3-9-15-21)33(32-25)27-30-23(18-34-27)20-12-6-2-7-13-20/h1-18H,(H2,28,29,31,32). The number of aromatic amines is 1. The summed E-state index contributed by atoms with van der Waals surface area (Å²) in [5.41, 5.74) is 6.05. The highest BCUT2D eigenvalue weighted by atomic mass is 32.1. The molecule has 0 aliphatic carbocycles. The Hall–Kier alpha value is -4.49. The maximum atomic E-state index is 4.87. The second-order valence-corrected chi connectivity index (χ2v) is 8.55. The van der Waals surface area contributed by atoms with Crippen LogP contribution in [0.15, 0.2) is 109 Å². The summed E-state index contributed by atoms with van der Waals surface area (Å²) >= 11 is 1.57. The van der Waals surface area contributed by atoms with Crippen LogP contribution in [0.25, 0.3) is 38.9 Å². The summed E-state index contributed by atoms with van der Waals surface area (Å²) in [5, 5.41) is 11.0. The number of anilines is 2. The van der Waals surface area contributed by atoms with Gasteiger partial charge in [0.25, 0.3) is 0 Å². The molecule has 3 aromatic carbocycles. The molecule has 3 aromatic heterocycles. The fourth-order valence-corrected chi connectivity index (χ4v) is 4.57. The second-order valence-electron chi connectivity index (χ2n) is 7.71. The van der Waals surface area contributed by atoms with Gasteiger partial charge in [-0.1, -0.05) is 91.0 Å². The van der Waals surface area contributed by atoms with Crippen molar-refractivity contribution >= 4 is 23.1 Å². The smallest absolute Gasteiger partial charge is 0.211 e. The summed E-state index contributed by atoms with van der Waals surface area (Å²) in [6.45, 7) is 0. The Labute approximate surface area is 200 Å². The van der Waals surface area contributed by atoms with E-state index in [9.17, 15) is 0 Å². The van der Waals surface area contributed by atoms with E-state index in [0.29, 0.717) is 11.8 Å². The van der Waals surface area contributed by atoms with Crippen LogP contribution < -0.4 is 5.32 Å². The van der Waals surface area contributed by atoms with Crippen LogP contribution in [0.1, 0.15) is 0 Å². The van der Waals surface area contributed by atoms with E-state index in [1.165, 1.54) is 0 Å². The molecule has 34 heavy (non-hydrogen) atoms. The number of aromatic nitrogens is 5. The van der Waals surface area contributed by atoms with Gasteiger partial charge in [0.2, 0.25) is 11.1 Å². The molecule has 2 N–H and O–H groups in total. The molecule has 0 saturated carbocycles. The third-order valence-corrected chi connectivity index (χ3v) is 6.24. The van der Waals surface area contributed by atoms with Crippen molar-refractivity contribution in [2.24, 2.45) is 0 Å². The Morgan fingerprint density at radius 3 is 2.12 bits per heavy atom. The predicted octanol–water partition coefficient (Wildman–Crippen LogP) is 6.80. The van der Waals surface area contributed by atoms with Crippen molar-refractivity contribution in [3.05, 3.63) is 109 Å². The van der Waals surface area contributed by atoms with Crippen LogP contribution in [0, 0.1) is 0 Å². The van der Waals surface area contributed by atoms with Gasteiger partial charge in [-0.3, -0.25) is 0 Å². The molecule has 6 aromatic rings. The summed E-state index contributed by atoms with van der Waals surface area (Å²) in [6.07, 6.45) is 1.82. The number of imidazole rings is 1. The summed E-state index contributed by atoms with van der Waals surface area (Å²) in [6, 6.07) is 32.5. The minimum atomic E-state index is 0.632. The number of benzene rings is 3. The van der Waals surface area contributed by atoms with Gasteiger partial charge in [0.15, 0.2) is 5.82 Å². The van der Waals surface area contributed by atoms with E-state index in [0.717, 1.165) is 38.9 Å². The molecule has 6 rings (SSSR count). The Morgan fingerprint density at radius 2 is 1.41 bits per heavy atom. The van der Waals surface area contributed by atoms with Crippen LogP contribution >= 0.6 is 11.3 Å². The molecule has 0 spiro atoms. The van der Waals surface area contributed by atoms with Crippen molar-refractivity contribution < 1.29 is 0 Å². The molecule has 7 heteroatoms. The van der Waals surface area contributed by atoms with E-state index < -0.39 is 0 Å². The first-order valence-corrected chi connectivity index (χ1v) is 11.8. The number of hydrogen-bond acceptors (Lipinski definition) is 5. The monoisotopic (exact) mass is 460 g/mol. The Morgan fingerprint density at radius 1 is 0.765 bits per heavy atom. The maximum absolute atomic E-state index is 4.87. The predicted molar refractivity (Wildman–Crippen MR) is 137 cm³/mol. The highest BCUT2D eigenvalue weighted by Gasteiger charge is 2.16. The summed E-state index contributed by atoms with van der Waals surface area (Å²) < 4.78 is 1.88. The zero-order chi connectivity index (χ0) is 22.7. The highest BCUT2D eigenvalue weighted by molar-refractivity contribution is 7.12. The van der Waals surface area contributed by atoms with E-state index in [4.69, 9.17) is 10.1 Å². The third kappa shape index (κ3) is 4.00. The van der Waals surface area contributed by atoms with Crippen molar-refractivity contribution in [1.29, 1.82) is 0 Å². The number of rotatable bonds is 6. The minimum Gasteiger partial charge on any atom is -0.324 e. The lowest BCUT2D eigenvalue weighted by Crippen LogP contribution is -2.00. The fourth-order valence-electron chi connectivity index (χ4n) is 3.78. The van der Waals surface area contributed by atoms with Gasteiger partial charge in [0.1, 0.15) is 0 Å². The topological polar surface area (TPSA) is 71.4 Å². The summed E-state index contributed by atoms with van der Waals surface area (Å²) in [7, 11) is 0. The summed E-state index contributed by atoms with van der Waals surface area (Å²) in [4.78, 5) is 12.7. The molecule has 0 fully saturated rings. The van der Waals surface area contributed by atoms with E-state index in [1.54, 1.807) is 11.3 Å². The van der Waals surface area contributed by atoms with Gasteiger partial charge >= 0.3 is 0 Å². The van der Waals surface area contributed by atoms with Crippen molar-refractivity contribution in [3.63, 3.8) is 0 Å². The number of nitrogens with one attached hydrogen (secondary N) is 2. The van der Waals surface area contributed by atoms with Gasteiger partial charge in [-0.05, 0) is 5.56 Å². The van der Waals surface area contributed by atoms with Crippen LogP contribution in [0.4, 0.5) is 11.8 Å². The van der Waals surface area contributed by atoms with Gasteiger partial charge in [0.05, 0.1) is 23.3 Å². The summed E-state index contributed by atoms with van der Waals surface area (Å²) in [5.74, 6) is 1.32. The second kappa shape index (κ2) is 8.80. The van der Waals surface area contributed by atoms with Gasteiger partial charge in [0, 0.05) is 22.6 Å². The zero-order valence-corrected chi connectivity index (χ0v) is 18.9. The molecule has 0 aliphatic rings.